The number of benzene rings is 3. The van der Waals surface area contributed by atoms with Crippen LogP contribution in [0.3, 0.4) is 0 Å². The van der Waals surface area contributed by atoms with E-state index in [-0.39, 0.29) is 24.2 Å². The van der Waals surface area contributed by atoms with E-state index in [1.54, 1.807) is 42.5 Å². The Labute approximate surface area is 163 Å². The van der Waals surface area contributed by atoms with Gasteiger partial charge in [0.2, 0.25) is 0 Å². The van der Waals surface area contributed by atoms with Gasteiger partial charge < -0.3 is 10.6 Å². The molecule has 0 saturated carbocycles. The van der Waals surface area contributed by atoms with Crippen LogP contribution in [0.2, 0.25) is 0 Å². The van der Waals surface area contributed by atoms with E-state index in [2.05, 4.69) is 10.6 Å². The molecular formula is C23H21FN2O2. The van der Waals surface area contributed by atoms with E-state index in [1.807, 2.05) is 32.0 Å². The van der Waals surface area contributed by atoms with Crippen LogP contribution < -0.4 is 10.6 Å². The summed E-state index contributed by atoms with van der Waals surface area (Å²) in [5, 5.41) is 5.57. The molecule has 0 aliphatic heterocycles. The molecule has 0 unspecified atom stereocenters. The number of halogens is 1. The van der Waals surface area contributed by atoms with Gasteiger partial charge in [-0.15, -0.1) is 0 Å². The third-order valence-corrected chi connectivity index (χ3v) is 4.66. The molecule has 142 valence electrons. The molecule has 0 spiro atoms. The first kappa shape index (κ1) is 19.3. The van der Waals surface area contributed by atoms with Crippen LogP contribution in [0.1, 0.15) is 37.4 Å². The molecule has 3 rings (SSSR count). The van der Waals surface area contributed by atoms with E-state index in [4.69, 9.17) is 0 Å². The lowest BCUT2D eigenvalue weighted by Gasteiger charge is -2.11. The summed E-state index contributed by atoms with van der Waals surface area (Å²) in [6.45, 7) is 4.04. The molecule has 0 fully saturated rings. The van der Waals surface area contributed by atoms with Gasteiger partial charge in [-0.3, -0.25) is 9.59 Å². The number of aryl methyl sites for hydroxylation is 1. The average Bonchev–Trinajstić information content (AvgIpc) is 2.70. The molecule has 0 radical (unpaired) electrons. The van der Waals surface area contributed by atoms with Crippen LogP contribution in [-0.4, -0.2) is 11.8 Å². The van der Waals surface area contributed by atoms with Crippen molar-refractivity contribution in [1.29, 1.82) is 0 Å². The number of rotatable bonds is 5. The maximum Gasteiger partial charge on any atom is 0.255 e. The summed E-state index contributed by atoms with van der Waals surface area (Å²) >= 11 is 0. The predicted molar refractivity (Wildman–Crippen MR) is 108 cm³/mol. The molecule has 0 saturated heterocycles. The molecule has 2 N–H and O–H groups in total. The highest BCUT2D eigenvalue weighted by Gasteiger charge is 2.11. The molecule has 0 bridgehead atoms. The van der Waals surface area contributed by atoms with Gasteiger partial charge in [0.1, 0.15) is 5.82 Å². The van der Waals surface area contributed by atoms with Crippen molar-refractivity contribution in [3.8, 4) is 0 Å². The maximum atomic E-state index is 13.6. The van der Waals surface area contributed by atoms with Crippen molar-refractivity contribution in [3.05, 3.63) is 100 Å². The van der Waals surface area contributed by atoms with E-state index < -0.39 is 0 Å². The Balaban J connectivity index is 1.64. The summed E-state index contributed by atoms with van der Waals surface area (Å²) in [6, 6.07) is 18.4. The Kier molecular flexibility index (Phi) is 5.84. The van der Waals surface area contributed by atoms with Crippen LogP contribution in [0.15, 0.2) is 66.7 Å². The Hall–Kier alpha value is -3.47. The predicted octanol–water partition coefficient (Wildman–Crippen LogP) is 4.62. The minimum absolute atomic E-state index is 0.0976. The van der Waals surface area contributed by atoms with Crippen molar-refractivity contribution in [3.63, 3.8) is 0 Å². The maximum absolute atomic E-state index is 13.6. The first-order valence-corrected chi connectivity index (χ1v) is 8.95. The number of anilines is 1. The zero-order chi connectivity index (χ0) is 20.1. The molecule has 4 nitrogen and oxygen atoms in total. The molecule has 5 heteroatoms. The monoisotopic (exact) mass is 376 g/mol. The Morgan fingerprint density at radius 2 is 1.46 bits per heavy atom. The van der Waals surface area contributed by atoms with Gasteiger partial charge in [0.25, 0.3) is 11.8 Å². The van der Waals surface area contributed by atoms with Gasteiger partial charge in [-0.2, -0.15) is 0 Å². The van der Waals surface area contributed by atoms with Crippen LogP contribution >= 0.6 is 0 Å². The Morgan fingerprint density at radius 3 is 2.14 bits per heavy atom. The van der Waals surface area contributed by atoms with Gasteiger partial charge >= 0.3 is 0 Å². The molecular weight excluding hydrogens is 355 g/mol. The van der Waals surface area contributed by atoms with Crippen LogP contribution in [0.25, 0.3) is 0 Å². The molecule has 28 heavy (non-hydrogen) atoms. The fourth-order valence-electron chi connectivity index (χ4n) is 2.77. The Morgan fingerprint density at radius 1 is 0.821 bits per heavy atom. The third kappa shape index (κ3) is 4.43. The summed E-state index contributed by atoms with van der Waals surface area (Å²) in [5.41, 5.74) is 4.14. The summed E-state index contributed by atoms with van der Waals surface area (Å²) in [6.07, 6.45) is 0. The SMILES string of the molecule is Cc1cccc(NC(=O)c2ccc(C(=O)NCc3ccccc3F)cc2)c1C. The number of carbonyl (C=O) groups excluding carboxylic acids is 2. The van der Waals surface area contributed by atoms with Crippen LogP contribution in [0, 0.1) is 19.7 Å². The second-order valence-electron chi connectivity index (χ2n) is 6.55. The lowest BCUT2D eigenvalue weighted by molar-refractivity contribution is 0.0948. The zero-order valence-electron chi connectivity index (χ0n) is 15.8. The minimum atomic E-state index is -0.360. The highest BCUT2D eigenvalue weighted by molar-refractivity contribution is 6.05. The number of hydrogen-bond donors (Lipinski definition) is 2. The summed E-state index contributed by atoms with van der Waals surface area (Å²) < 4.78 is 13.6. The molecule has 3 aromatic carbocycles. The largest absolute Gasteiger partial charge is 0.348 e. The van der Waals surface area contributed by atoms with Crippen LogP contribution in [0.4, 0.5) is 10.1 Å². The van der Waals surface area contributed by atoms with Crippen LogP contribution in [-0.2, 0) is 6.54 Å². The van der Waals surface area contributed by atoms with Crippen molar-refractivity contribution >= 4 is 17.5 Å². The number of amides is 2. The summed E-state index contributed by atoms with van der Waals surface area (Å²) in [4.78, 5) is 24.7. The van der Waals surface area contributed by atoms with Crippen LogP contribution in [0.5, 0.6) is 0 Å². The topological polar surface area (TPSA) is 58.2 Å². The average molecular weight is 376 g/mol. The third-order valence-electron chi connectivity index (χ3n) is 4.66. The normalized spacial score (nSPS) is 10.4. The fourth-order valence-corrected chi connectivity index (χ4v) is 2.77. The van der Waals surface area contributed by atoms with Gasteiger partial charge in [0.15, 0.2) is 0 Å². The standard InChI is InChI=1S/C23H21FN2O2/c1-15-6-5-9-21(16(15)2)26-23(28)18-12-10-17(11-13-18)22(27)25-14-19-7-3-4-8-20(19)24/h3-13H,14H2,1-2H3,(H,25,27)(H,26,28). The Bertz CT molecular complexity index is 1010. The smallest absolute Gasteiger partial charge is 0.255 e. The van der Waals surface area contributed by atoms with Crippen molar-refractivity contribution < 1.29 is 14.0 Å². The first-order valence-electron chi connectivity index (χ1n) is 8.95. The zero-order valence-corrected chi connectivity index (χ0v) is 15.8. The lowest BCUT2D eigenvalue weighted by Crippen LogP contribution is -2.23. The molecule has 0 aromatic heterocycles. The molecule has 2 amide bonds. The van der Waals surface area contributed by atoms with Gasteiger partial charge in [0, 0.05) is 28.9 Å². The highest BCUT2D eigenvalue weighted by Crippen LogP contribution is 2.19. The van der Waals surface area contributed by atoms with Crippen molar-refractivity contribution in [2.75, 3.05) is 5.32 Å². The van der Waals surface area contributed by atoms with E-state index in [0.29, 0.717) is 16.7 Å². The van der Waals surface area contributed by atoms with Gasteiger partial charge in [-0.25, -0.2) is 4.39 Å². The minimum Gasteiger partial charge on any atom is -0.348 e. The van der Waals surface area contributed by atoms with Gasteiger partial charge in [-0.1, -0.05) is 30.3 Å². The van der Waals surface area contributed by atoms with E-state index in [9.17, 15) is 14.0 Å². The number of carbonyl (C=O) groups is 2. The molecule has 3 aromatic rings. The second-order valence-corrected chi connectivity index (χ2v) is 6.55. The van der Waals surface area contributed by atoms with E-state index >= 15 is 0 Å². The van der Waals surface area contributed by atoms with E-state index in [1.165, 1.54) is 6.07 Å². The first-order chi connectivity index (χ1) is 13.5. The summed E-state index contributed by atoms with van der Waals surface area (Å²) in [7, 11) is 0. The van der Waals surface area contributed by atoms with Crippen molar-refractivity contribution in [2.24, 2.45) is 0 Å². The fraction of sp³-hybridized carbons (Fsp3) is 0.130. The number of nitrogens with one attached hydrogen (secondary N) is 2. The van der Waals surface area contributed by atoms with E-state index in [0.717, 1.165) is 16.8 Å². The number of hydrogen-bond acceptors (Lipinski definition) is 2. The quantitative estimate of drug-likeness (QED) is 0.682. The van der Waals surface area contributed by atoms with Crippen molar-refractivity contribution in [1.82, 2.24) is 5.32 Å². The van der Waals surface area contributed by atoms with Gasteiger partial charge in [0.05, 0.1) is 0 Å². The second kappa shape index (κ2) is 8.48. The van der Waals surface area contributed by atoms with Gasteiger partial charge in [-0.05, 0) is 61.4 Å². The molecule has 0 atom stereocenters. The molecule has 0 heterocycles. The van der Waals surface area contributed by atoms with Crippen molar-refractivity contribution in [2.45, 2.75) is 20.4 Å². The molecule has 0 aliphatic rings. The highest BCUT2D eigenvalue weighted by atomic mass is 19.1. The lowest BCUT2D eigenvalue weighted by atomic mass is 10.1. The summed E-state index contributed by atoms with van der Waals surface area (Å²) in [5.74, 6) is -0.932. The molecule has 0 aliphatic carbocycles.